The van der Waals surface area contributed by atoms with Gasteiger partial charge < -0.3 is 4.57 Å². The summed E-state index contributed by atoms with van der Waals surface area (Å²) >= 11 is 5.90. The summed E-state index contributed by atoms with van der Waals surface area (Å²) in [6.07, 6.45) is 6.94. The number of nitrogens with zero attached hydrogens (tertiary/aromatic N) is 8. The van der Waals surface area contributed by atoms with Gasteiger partial charge in [0, 0.05) is 19.4 Å². The van der Waals surface area contributed by atoms with Crippen molar-refractivity contribution in [1.82, 2.24) is 39.3 Å². The topological polar surface area (TPSA) is 87.2 Å². The van der Waals surface area contributed by atoms with Gasteiger partial charge in [0.25, 0.3) is 5.95 Å². The van der Waals surface area contributed by atoms with Crippen LogP contribution in [0.3, 0.4) is 0 Å². The van der Waals surface area contributed by atoms with E-state index in [1.807, 2.05) is 17.8 Å². The molecular weight excluding hydrogens is 268 g/mol. The van der Waals surface area contributed by atoms with Crippen LogP contribution in [-0.4, -0.2) is 39.3 Å². The van der Waals surface area contributed by atoms with Gasteiger partial charge in [-0.2, -0.15) is 19.7 Å². The minimum Gasteiger partial charge on any atom is -0.338 e. The molecule has 0 aromatic carbocycles. The van der Waals surface area contributed by atoms with Crippen LogP contribution in [0.2, 0.25) is 5.28 Å². The first-order chi connectivity index (χ1) is 9.22. The van der Waals surface area contributed by atoms with Gasteiger partial charge in [-0.3, -0.25) is 0 Å². The molecule has 0 aliphatic heterocycles. The van der Waals surface area contributed by atoms with Crippen LogP contribution in [0, 0.1) is 0 Å². The number of aromatic nitrogens is 8. The third-order valence-corrected chi connectivity index (χ3v) is 2.67. The molecule has 3 rings (SSSR count). The molecule has 0 radical (unpaired) electrons. The monoisotopic (exact) mass is 276 g/mol. The normalized spacial score (nSPS) is 10.8. The SMILES string of the molecule is Cn1ccnc1Cc1nc(Cl)nc(-n2cncn2)n1. The van der Waals surface area contributed by atoms with Crippen LogP contribution in [0.1, 0.15) is 11.6 Å². The van der Waals surface area contributed by atoms with Gasteiger partial charge in [-0.1, -0.05) is 0 Å². The molecule has 0 fully saturated rings. The minimum absolute atomic E-state index is 0.115. The third kappa shape index (κ3) is 2.43. The summed E-state index contributed by atoms with van der Waals surface area (Å²) in [7, 11) is 1.91. The maximum atomic E-state index is 5.90. The van der Waals surface area contributed by atoms with E-state index in [1.165, 1.54) is 17.3 Å². The fraction of sp³-hybridized carbons (Fsp3) is 0.200. The first-order valence-electron chi connectivity index (χ1n) is 5.44. The number of aryl methyl sites for hydroxylation is 1. The summed E-state index contributed by atoms with van der Waals surface area (Å²) in [5.74, 6) is 1.70. The Morgan fingerprint density at radius 1 is 1.26 bits per heavy atom. The van der Waals surface area contributed by atoms with E-state index in [-0.39, 0.29) is 5.28 Å². The molecule has 0 atom stereocenters. The van der Waals surface area contributed by atoms with Crippen molar-refractivity contribution < 1.29 is 0 Å². The van der Waals surface area contributed by atoms with Gasteiger partial charge in [-0.05, 0) is 11.6 Å². The summed E-state index contributed by atoms with van der Waals surface area (Å²) in [4.78, 5) is 20.4. The van der Waals surface area contributed by atoms with E-state index in [9.17, 15) is 0 Å². The van der Waals surface area contributed by atoms with Crippen LogP contribution in [0.15, 0.2) is 25.0 Å². The molecule has 0 spiro atoms. The highest BCUT2D eigenvalue weighted by atomic mass is 35.5. The zero-order chi connectivity index (χ0) is 13.2. The Hall–Kier alpha value is -2.35. The molecule has 0 saturated heterocycles. The lowest BCUT2D eigenvalue weighted by Gasteiger charge is -2.04. The van der Waals surface area contributed by atoms with Crippen molar-refractivity contribution in [1.29, 1.82) is 0 Å². The summed E-state index contributed by atoms with van der Waals surface area (Å²) in [6, 6.07) is 0. The summed E-state index contributed by atoms with van der Waals surface area (Å²) in [6.45, 7) is 0. The smallest absolute Gasteiger partial charge is 0.256 e. The number of imidazole rings is 1. The third-order valence-electron chi connectivity index (χ3n) is 2.50. The van der Waals surface area contributed by atoms with Crippen LogP contribution in [-0.2, 0) is 13.5 Å². The Morgan fingerprint density at radius 2 is 2.16 bits per heavy atom. The Morgan fingerprint density at radius 3 is 2.84 bits per heavy atom. The quantitative estimate of drug-likeness (QED) is 0.689. The Kier molecular flexibility index (Phi) is 2.92. The molecule has 96 valence electrons. The first kappa shape index (κ1) is 11.7. The van der Waals surface area contributed by atoms with Gasteiger partial charge in [0.05, 0.1) is 6.42 Å². The molecule has 3 heterocycles. The zero-order valence-electron chi connectivity index (χ0n) is 9.97. The van der Waals surface area contributed by atoms with E-state index < -0.39 is 0 Å². The second-order valence-corrected chi connectivity index (χ2v) is 4.13. The van der Waals surface area contributed by atoms with Gasteiger partial charge in [-0.25, -0.2) is 15.0 Å². The lowest BCUT2D eigenvalue weighted by atomic mass is 10.4. The molecule has 0 N–H and O–H groups in total. The fourth-order valence-corrected chi connectivity index (χ4v) is 1.75. The highest BCUT2D eigenvalue weighted by Crippen LogP contribution is 2.08. The Balaban J connectivity index is 1.96. The van der Waals surface area contributed by atoms with Crippen LogP contribution in [0.25, 0.3) is 5.95 Å². The number of hydrogen-bond donors (Lipinski definition) is 0. The molecule has 0 unspecified atom stereocenters. The summed E-state index contributed by atoms with van der Waals surface area (Å²) in [5.41, 5.74) is 0. The van der Waals surface area contributed by atoms with Gasteiger partial charge in [0.1, 0.15) is 24.3 Å². The van der Waals surface area contributed by atoms with E-state index in [1.54, 1.807) is 6.20 Å². The average Bonchev–Trinajstić information content (AvgIpc) is 3.01. The maximum absolute atomic E-state index is 5.90. The van der Waals surface area contributed by atoms with E-state index in [0.29, 0.717) is 18.2 Å². The number of rotatable bonds is 3. The number of hydrogen-bond acceptors (Lipinski definition) is 6. The zero-order valence-corrected chi connectivity index (χ0v) is 10.7. The van der Waals surface area contributed by atoms with Crippen molar-refractivity contribution in [2.45, 2.75) is 6.42 Å². The van der Waals surface area contributed by atoms with Crippen LogP contribution >= 0.6 is 11.6 Å². The molecule has 0 amide bonds. The Labute approximate surface area is 113 Å². The molecular formula is C10H9ClN8. The standard InChI is InChI=1S/C10H9ClN8/c1-18-3-2-13-8(18)4-7-15-9(11)17-10(16-7)19-6-12-5-14-19/h2-3,5-6H,4H2,1H3. The predicted molar refractivity (Wildman–Crippen MR) is 65.8 cm³/mol. The van der Waals surface area contributed by atoms with Crippen LogP contribution in [0.4, 0.5) is 0 Å². The molecule has 8 nitrogen and oxygen atoms in total. The van der Waals surface area contributed by atoms with Crippen molar-refractivity contribution in [3.05, 3.63) is 42.0 Å². The van der Waals surface area contributed by atoms with Gasteiger partial charge >= 0.3 is 0 Å². The molecule has 3 aromatic rings. The van der Waals surface area contributed by atoms with Gasteiger partial charge in [0.15, 0.2) is 0 Å². The lowest BCUT2D eigenvalue weighted by Crippen LogP contribution is -2.09. The van der Waals surface area contributed by atoms with E-state index in [4.69, 9.17) is 11.6 Å². The van der Waals surface area contributed by atoms with E-state index >= 15 is 0 Å². The first-order valence-corrected chi connectivity index (χ1v) is 5.82. The van der Waals surface area contributed by atoms with Crippen molar-refractivity contribution in [3.8, 4) is 5.95 Å². The molecule has 0 bridgehead atoms. The summed E-state index contributed by atoms with van der Waals surface area (Å²) < 4.78 is 3.32. The second-order valence-electron chi connectivity index (χ2n) is 3.79. The highest BCUT2D eigenvalue weighted by molar-refractivity contribution is 6.28. The van der Waals surface area contributed by atoms with Crippen LogP contribution in [0.5, 0.6) is 0 Å². The molecule has 0 saturated carbocycles. The van der Waals surface area contributed by atoms with Gasteiger partial charge in [0.2, 0.25) is 5.28 Å². The van der Waals surface area contributed by atoms with Crippen LogP contribution < -0.4 is 0 Å². The molecule has 0 aliphatic rings. The van der Waals surface area contributed by atoms with Crippen molar-refractivity contribution in [2.75, 3.05) is 0 Å². The van der Waals surface area contributed by atoms with E-state index in [2.05, 4.69) is 30.0 Å². The highest BCUT2D eigenvalue weighted by Gasteiger charge is 2.10. The molecule has 3 aromatic heterocycles. The summed E-state index contributed by atoms with van der Waals surface area (Å²) in [5, 5.41) is 4.07. The second kappa shape index (κ2) is 4.73. The maximum Gasteiger partial charge on any atom is 0.256 e. The van der Waals surface area contributed by atoms with Crippen molar-refractivity contribution >= 4 is 11.6 Å². The Bertz CT molecular complexity index is 689. The van der Waals surface area contributed by atoms with Crippen molar-refractivity contribution in [2.24, 2.45) is 7.05 Å². The minimum atomic E-state index is 0.115. The number of halogens is 1. The lowest BCUT2D eigenvalue weighted by molar-refractivity contribution is 0.747. The average molecular weight is 277 g/mol. The fourth-order valence-electron chi connectivity index (χ4n) is 1.58. The molecule has 9 heteroatoms. The largest absolute Gasteiger partial charge is 0.338 e. The predicted octanol–water partition coefficient (Wildman–Crippen LogP) is 0.430. The molecule has 0 aliphatic carbocycles. The molecule has 19 heavy (non-hydrogen) atoms. The van der Waals surface area contributed by atoms with Crippen molar-refractivity contribution in [3.63, 3.8) is 0 Å². The van der Waals surface area contributed by atoms with E-state index in [0.717, 1.165) is 5.82 Å². The van der Waals surface area contributed by atoms with Gasteiger partial charge in [-0.15, -0.1) is 0 Å².